The van der Waals surface area contributed by atoms with E-state index in [0.29, 0.717) is 18.0 Å². The van der Waals surface area contributed by atoms with Gasteiger partial charge in [-0.15, -0.1) is 0 Å². The largest absolute Gasteiger partial charge is 0.396 e. The normalized spacial score (nSPS) is 34.5. The summed E-state index contributed by atoms with van der Waals surface area (Å²) in [4.78, 5) is 16.6. The maximum atomic E-state index is 14.4. The van der Waals surface area contributed by atoms with E-state index >= 15 is 0 Å². The molecule has 4 heterocycles. The van der Waals surface area contributed by atoms with Crippen molar-refractivity contribution in [2.75, 3.05) is 26.2 Å². The Kier molecular flexibility index (Phi) is 4.04. The van der Waals surface area contributed by atoms with Crippen LogP contribution in [0.3, 0.4) is 0 Å². The molecular weight excluding hydrogens is 314 g/mol. The number of benzene rings is 1. The fourth-order valence-electron chi connectivity index (χ4n) is 5.02. The smallest absolute Gasteiger partial charge is 0.225 e. The predicted octanol–water partition coefficient (Wildman–Crippen LogP) is 1.74. The van der Waals surface area contributed by atoms with Crippen molar-refractivity contribution >= 4 is 5.91 Å². The van der Waals surface area contributed by atoms with Gasteiger partial charge in [-0.25, -0.2) is 8.78 Å². The highest BCUT2D eigenvalue weighted by Crippen LogP contribution is 2.47. The molecule has 0 aliphatic carbocycles. The molecule has 130 valence electrons. The van der Waals surface area contributed by atoms with Crippen LogP contribution in [0.5, 0.6) is 0 Å². The van der Waals surface area contributed by atoms with Gasteiger partial charge in [-0.05, 0) is 43.5 Å². The van der Waals surface area contributed by atoms with Gasteiger partial charge >= 0.3 is 0 Å². The van der Waals surface area contributed by atoms with Crippen LogP contribution < -0.4 is 0 Å². The van der Waals surface area contributed by atoms with E-state index in [2.05, 4.69) is 4.90 Å². The third-order valence-corrected chi connectivity index (χ3v) is 6.02. The maximum Gasteiger partial charge on any atom is 0.225 e. The van der Waals surface area contributed by atoms with Crippen molar-refractivity contribution in [3.8, 4) is 0 Å². The minimum absolute atomic E-state index is 0.0523. The van der Waals surface area contributed by atoms with Crippen LogP contribution >= 0.6 is 0 Å². The number of piperidine rings is 3. The van der Waals surface area contributed by atoms with Crippen LogP contribution in [0.4, 0.5) is 8.78 Å². The lowest BCUT2D eigenvalue weighted by Crippen LogP contribution is -2.60. The molecule has 6 heteroatoms. The van der Waals surface area contributed by atoms with Crippen LogP contribution in [0, 0.1) is 17.6 Å². The fourth-order valence-corrected chi connectivity index (χ4v) is 5.02. The van der Waals surface area contributed by atoms with E-state index in [-0.39, 0.29) is 36.9 Å². The van der Waals surface area contributed by atoms with Crippen molar-refractivity contribution in [2.24, 2.45) is 5.92 Å². The van der Waals surface area contributed by atoms with E-state index in [9.17, 15) is 13.6 Å². The van der Waals surface area contributed by atoms with E-state index in [1.54, 1.807) is 6.07 Å². The summed E-state index contributed by atoms with van der Waals surface area (Å²) in [5.74, 6) is -1.50. The van der Waals surface area contributed by atoms with Crippen LogP contribution in [-0.4, -0.2) is 59.1 Å². The van der Waals surface area contributed by atoms with E-state index < -0.39 is 11.6 Å². The van der Waals surface area contributed by atoms with Crippen LogP contribution in [0.1, 0.15) is 30.7 Å². The summed E-state index contributed by atoms with van der Waals surface area (Å²) in [6, 6.07) is 4.42. The number of amides is 1. The summed E-state index contributed by atoms with van der Waals surface area (Å²) in [5, 5.41) is 9.12. The van der Waals surface area contributed by atoms with Crippen LogP contribution in [0.15, 0.2) is 18.2 Å². The summed E-state index contributed by atoms with van der Waals surface area (Å²) < 4.78 is 28.1. The van der Waals surface area contributed by atoms with Crippen molar-refractivity contribution < 1.29 is 18.7 Å². The second-order valence-corrected chi connectivity index (χ2v) is 7.12. The van der Waals surface area contributed by atoms with Gasteiger partial charge < -0.3 is 10.0 Å². The minimum atomic E-state index is -0.833. The highest BCUT2D eigenvalue weighted by atomic mass is 19.2. The Morgan fingerprint density at radius 3 is 2.67 bits per heavy atom. The fraction of sp³-hybridized carbons (Fsp3) is 0.611. The van der Waals surface area contributed by atoms with Gasteiger partial charge in [0.25, 0.3) is 0 Å². The van der Waals surface area contributed by atoms with Gasteiger partial charge in [-0.2, -0.15) is 0 Å². The number of fused-ring (bicyclic) bond motifs is 2. The number of carbonyl (C=O) groups excluding carboxylic acids is 1. The van der Waals surface area contributed by atoms with Gasteiger partial charge in [0, 0.05) is 24.9 Å². The Labute approximate surface area is 140 Å². The van der Waals surface area contributed by atoms with Gasteiger partial charge in [-0.1, -0.05) is 12.1 Å². The third kappa shape index (κ3) is 2.35. The van der Waals surface area contributed by atoms with Gasteiger partial charge in [0.2, 0.25) is 5.91 Å². The summed E-state index contributed by atoms with van der Waals surface area (Å²) in [6.07, 6.45) is 2.18. The molecule has 0 spiro atoms. The Morgan fingerprint density at radius 1 is 1.21 bits per heavy atom. The molecule has 4 fully saturated rings. The highest BCUT2D eigenvalue weighted by Gasteiger charge is 2.54. The molecule has 0 radical (unpaired) electrons. The zero-order chi connectivity index (χ0) is 16.8. The number of aliphatic hydroxyl groups is 1. The number of rotatable bonds is 3. The molecule has 1 N–H and O–H groups in total. The zero-order valence-corrected chi connectivity index (χ0v) is 13.5. The minimum Gasteiger partial charge on any atom is -0.396 e. The van der Waals surface area contributed by atoms with Crippen molar-refractivity contribution in [2.45, 2.75) is 37.3 Å². The van der Waals surface area contributed by atoms with Crippen molar-refractivity contribution in [1.29, 1.82) is 0 Å². The number of hydrogen-bond acceptors (Lipinski definition) is 3. The van der Waals surface area contributed by atoms with E-state index in [0.717, 1.165) is 32.0 Å². The number of halogens is 2. The maximum absolute atomic E-state index is 14.4. The number of nitrogens with zero attached hydrogens (tertiary/aromatic N) is 2. The molecule has 0 saturated carbocycles. The Bertz CT molecular complexity index is 646. The van der Waals surface area contributed by atoms with Gasteiger partial charge in [0.15, 0.2) is 11.6 Å². The lowest BCUT2D eigenvalue weighted by molar-refractivity contribution is -0.136. The lowest BCUT2D eigenvalue weighted by atomic mass is 9.75. The molecule has 1 aromatic carbocycles. The van der Waals surface area contributed by atoms with E-state index in [4.69, 9.17) is 5.11 Å². The monoisotopic (exact) mass is 336 g/mol. The molecule has 0 unspecified atom stereocenters. The quantitative estimate of drug-likeness (QED) is 0.914. The third-order valence-electron chi connectivity index (χ3n) is 6.02. The molecule has 0 aromatic heterocycles. The molecule has 3 atom stereocenters. The Hall–Kier alpha value is -1.53. The first-order valence-electron chi connectivity index (χ1n) is 8.70. The summed E-state index contributed by atoms with van der Waals surface area (Å²) in [7, 11) is 0. The number of likely N-dealkylation sites (tertiary alicyclic amines) is 1. The molecule has 4 aliphatic heterocycles. The predicted molar refractivity (Wildman–Crippen MR) is 84.4 cm³/mol. The molecule has 24 heavy (non-hydrogen) atoms. The standard InChI is InChI=1S/C18H22F2N2O2/c19-14-3-1-2-12(16(14)20)13-10-22(15(24)6-9-23)17-11-4-7-21(8-5-11)18(13)17/h1-3,11,13,17-18,23H,4-10H2/t13-,17-,18-/m1/s1. The average Bonchev–Trinajstić information content (AvgIpc) is 3.01. The average molecular weight is 336 g/mol. The SMILES string of the molecule is O=C(CCO)N1C[C@H](c2cccc(F)c2F)[C@@H]2[C@H]1C1CCN2CC1. The number of carbonyl (C=O) groups is 1. The Balaban J connectivity index is 1.72. The molecule has 4 nitrogen and oxygen atoms in total. The van der Waals surface area contributed by atoms with Crippen LogP contribution in [-0.2, 0) is 4.79 Å². The van der Waals surface area contributed by atoms with Gasteiger partial charge in [-0.3, -0.25) is 9.69 Å². The zero-order valence-electron chi connectivity index (χ0n) is 13.5. The summed E-state index contributed by atoms with van der Waals surface area (Å²) in [5.41, 5.74) is 0.372. The Morgan fingerprint density at radius 2 is 1.96 bits per heavy atom. The second-order valence-electron chi connectivity index (χ2n) is 7.12. The first-order chi connectivity index (χ1) is 11.6. The summed E-state index contributed by atoms with van der Waals surface area (Å²) >= 11 is 0. The summed E-state index contributed by atoms with van der Waals surface area (Å²) in [6.45, 7) is 2.14. The van der Waals surface area contributed by atoms with Crippen molar-refractivity contribution in [1.82, 2.24) is 9.80 Å². The molecule has 2 bridgehead atoms. The number of aliphatic hydroxyl groups excluding tert-OH is 1. The second kappa shape index (κ2) is 6.08. The van der Waals surface area contributed by atoms with Crippen molar-refractivity contribution in [3.05, 3.63) is 35.4 Å². The molecule has 4 aliphatic rings. The molecular formula is C18H22F2N2O2. The first kappa shape index (κ1) is 16.0. The molecule has 1 aromatic rings. The molecule has 5 rings (SSSR count). The first-order valence-corrected chi connectivity index (χ1v) is 8.70. The number of hydrogen-bond donors (Lipinski definition) is 1. The van der Waals surface area contributed by atoms with E-state index in [1.165, 1.54) is 6.07 Å². The van der Waals surface area contributed by atoms with Gasteiger partial charge in [0.1, 0.15) is 0 Å². The highest BCUT2D eigenvalue weighted by molar-refractivity contribution is 5.77. The van der Waals surface area contributed by atoms with E-state index in [1.807, 2.05) is 4.90 Å². The molecule has 4 saturated heterocycles. The van der Waals surface area contributed by atoms with Crippen molar-refractivity contribution in [3.63, 3.8) is 0 Å². The van der Waals surface area contributed by atoms with Gasteiger partial charge in [0.05, 0.1) is 12.6 Å². The lowest BCUT2D eigenvalue weighted by Gasteiger charge is -2.51. The topological polar surface area (TPSA) is 43.8 Å². The van der Waals surface area contributed by atoms with Crippen LogP contribution in [0.25, 0.3) is 0 Å². The van der Waals surface area contributed by atoms with Crippen LogP contribution in [0.2, 0.25) is 0 Å². The molecule has 1 amide bonds.